The Bertz CT molecular complexity index is 793. The van der Waals surface area contributed by atoms with Crippen molar-refractivity contribution in [3.8, 4) is 0 Å². The van der Waals surface area contributed by atoms with Crippen LogP contribution in [-0.4, -0.2) is 27.0 Å². The summed E-state index contributed by atoms with van der Waals surface area (Å²) < 4.78 is 1.92. The normalized spacial score (nSPS) is 11.1. The van der Waals surface area contributed by atoms with Crippen LogP contribution in [0.4, 0.5) is 0 Å². The van der Waals surface area contributed by atoms with Crippen molar-refractivity contribution in [1.82, 2.24) is 19.9 Å². The van der Waals surface area contributed by atoms with Gasteiger partial charge in [0.25, 0.3) is 0 Å². The van der Waals surface area contributed by atoms with Gasteiger partial charge in [-0.2, -0.15) is 0 Å². The van der Waals surface area contributed by atoms with Crippen molar-refractivity contribution in [1.29, 1.82) is 0 Å². The molecule has 5 heteroatoms. The summed E-state index contributed by atoms with van der Waals surface area (Å²) in [5.74, 6) is 0.723. The molecule has 0 fully saturated rings. The monoisotopic (exact) mass is 292 g/mol. The highest BCUT2D eigenvalue weighted by Gasteiger charge is 2.04. The number of fused-ring (bicyclic) bond motifs is 1. The lowest BCUT2D eigenvalue weighted by Gasteiger charge is -2.01. The highest BCUT2D eigenvalue weighted by Crippen LogP contribution is 2.03. The minimum Gasteiger partial charge on any atom is -0.352 e. The first-order valence-corrected chi connectivity index (χ1v) is 7.12. The van der Waals surface area contributed by atoms with Crippen molar-refractivity contribution >= 4 is 17.6 Å². The Kier molecular flexibility index (Phi) is 4.25. The van der Waals surface area contributed by atoms with E-state index in [-0.39, 0.29) is 5.91 Å². The van der Waals surface area contributed by atoms with Crippen LogP contribution in [0, 0.1) is 0 Å². The first-order valence-electron chi connectivity index (χ1n) is 7.12. The van der Waals surface area contributed by atoms with Crippen LogP contribution in [0.5, 0.6) is 0 Å². The molecule has 0 radical (unpaired) electrons. The number of carbonyl (C=O) groups is 1. The summed E-state index contributed by atoms with van der Waals surface area (Å²) >= 11 is 0. The quantitative estimate of drug-likeness (QED) is 0.733. The standard InChI is InChI=1S/C17H16N4O/c22-17(10-9-14-6-2-1-3-7-14)18-12-11-16-20-19-15-8-4-5-13-21(15)16/h1-10,13H,11-12H2,(H,18,22)/b10-9+. The Morgan fingerprint density at radius 3 is 2.77 bits per heavy atom. The summed E-state index contributed by atoms with van der Waals surface area (Å²) in [6.07, 6.45) is 5.89. The molecule has 3 aromatic rings. The SMILES string of the molecule is O=C(/C=C/c1ccccc1)NCCc1nnc2ccccn12. The molecule has 1 N–H and O–H groups in total. The molecule has 1 amide bonds. The Hall–Kier alpha value is -2.95. The number of aromatic nitrogens is 3. The van der Waals surface area contributed by atoms with Crippen LogP contribution in [0.1, 0.15) is 11.4 Å². The fraction of sp³-hybridized carbons (Fsp3) is 0.118. The maximum atomic E-state index is 11.8. The maximum Gasteiger partial charge on any atom is 0.244 e. The number of hydrogen-bond acceptors (Lipinski definition) is 3. The van der Waals surface area contributed by atoms with E-state index in [0.29, 0.717) is 13.0 Å². The van der Waals surface area contributed by atoms with Crippen molar-refractivity contribution in [3.05, 3.63) is 72.2 Å². The lowest BCUT2D eigenvalue weighted by atomic mass is 10.2. The van der Waals surface area contributed by atoms with E-state index in [4.69, 9.17) is 0 Å². The van der Waals surface area contributed by atoms with E-state index in [9.17, 15) is 4.79 Å². The Labute approximate surface area is 128 Å². The Balaban J connectivity index is 1.52. The zero-order valence-electron chi connectivity index (χ0n) is 12.0. The second-order valence-corrected chi connectivity index (χ2v) is 4.83. The average Bonchev–Trinajstić information content (AvgIpc) is 2.97. The Morgan fingerprint density at radius 2 is 1.91 bits per heavy atom. The lowest BCUT2D eigenvalue weighted by molar-refractivity contribution is -0.116. The largest absolute Gasteiger partial charge is 0.352 e. The van der Waals surface area contributed by atoms with Crippen LogP contribution >= 0.6 is 0 Å². The molecular formula is C17H16N4O. The molecule has 2 heterocycles. The third-order valence-electron chi connectivity index (χ3n) is 3.26. The van der Waals surface area contributed by atoms with E-state index < -0.39 is 0 Å². The number of amides is 1. The zero-order chi connectivity index (χ0) is 15.2. The van der Waals surface area contributed by atoms with Crippen LogP contribution in [-0.2, 0) is 11.2 Å². The third kappa shape index (κ3) is 3.38. The molecule has 3 rings (SSSR count). The van der Waals surface area contributed by atoms with E-state index in [2.05, 4.69) is 15.5 Å². The van der Waals surface area contributed by atoms with Gasteiger partial charge in [0.05, 0.1) is 0 Å². The molecule has 0 spiro atoms. The van der Waals surface area contributed by atoms with Gasteiger partial charge in [-0.15, -0.1) is 10.2 Å². The molecule has 0 atom stereocenters. The highest BCUT2D eigenvalue weighted by atomic mass is 16.1. The van der Waals surface area contributed by atoms with Crippen molar-refractivity contribution < 1.29 is 4.79 Å². The summed E-state index contributed by atoms with van der Waals surface area (Å²) in [5.41, 5.74) is 1.81. The molecule has 0 aliphatic heterocycles. The van der Waals surface area contributed by atoms with Crippen molar-refractivity contribution in [2.75, 3.05) is 6.54 Å². The van der Waals surface area contributed by atoms with Gasteiger partial charge in [-0.25, -0.2) is 0 Å². The molecule has 0 saturated carbocycles. The zero-order valence-corrected chi connectivity index (χ0v) is 12.0. The van der Waals surface area contributed by atoms with Crippen molar-refractivity contribution in [2.45, 2.75) is 6.42 Å². The van der Waals surface area contributed by atoms with Crippen LogP contribution in [0.25, 0.3) is 11.7 Å². The van der Waals surface area contributed by atoms with Gasteiger partial charge in [0, 0.05) is 25.2 Å². The minimum absolute atomic E-state index is 0.113. The first-order chi connectivity index (χ1) is 10.8. The van der Waals surface area contributed by atoms with E-state index in [1.165, 1.54) is 6.08 Å². The minimum atomic E-state index is -0.113. The molecule has 2 aromatic heterocycles. The number of pyridine rings is 1. The van der Waals surface area contributed by atoms with Gasteiger partial charge >= 0.3 is 0 Å². The molecule has 22 heavy (non-hydrogen) atoms. The topological polar surface area (TPSA) is 59.3 Å². The summed E-state index contributed by atoms with van der Waals surface area (Å²) in [6.45, 7) is 0.521. The second-order valence-electron chi connectivity index (χ2n) is 4.83. The predicted molar refractivity (Wildman–Crippen MR) is 85.2 cm³/mol. The molecule has 0 saturated heterocycles. The van der Waals surface area contributed by atoms with Crippen molar-refractivity contribution in [2.24, 2.45) is 0 Å². The number of rotatable bonds is 5. The molecular weight excluding hydrogens is 276 g/mol. The Morgan fingerprint density at radius 1 is 1.09 bits per heavy atom. The first kappa shape index (κ1) is 14.0. The van der Waals surface area contributed by atoms with E-state index in [0.717, 1.165) is 17.0 Å². The van der Waals surface area contributed by atoms with Gasteiger partial charge in [0.1, 0.15) is 5.82 Å². The van der Waals surface area contributed by atoms with E-state index in [1.54, 1.807) is 6.08 Å². The number of nitrogens with one attached hydrogen (secondary N) is 1. The maximum absolute atomic E-state index is 11.8. The van der Waals surface area contributed by atoms with Gasteiger partial charge < -0.3 is 5.32 Å². The molecule has 0 aliphatic carbocycles. The molecule has 0 aliphatic rings. The summed E-state index contributed by atoms with van der Waals surface area (Å²) in [6, 6.07) is 15.5. The van der Waals surface area contributed by atoms with Crippen molar-refractivity contribution in [3.63, 3.8) is 0 Å². The molecule has 110 valence electrons. The van der Waals surface area contributed by atoms with Crippen LogP contribution in [0.15, 0.2) is 60.8 Å². The number of hydrogen-bond donors (Lipinski definition) is 1. The summed E-state index contributed by atoms with van der Waals surface area (Å²) in [7, 11) is 0. The van der Waals surface area contributed by atoms with Crippen LogP contribution in [0.2, 0.25) is 0 Å². The molecule has 1 aromatic carbocycles. The molecule has 0 bridgehead atoms. The molecule has 0 unspecified atom stereocenters. The fourth-order valence-corrected chi connectivity index (χ4v) is 2.15. The van der Waals surface area contributed by atoms with E-state index in [1.807, 2.05) is 59.1 Å². The van der Waals surface area contributed by atoms with Gasteiger partial charge in [-0.3, -0.25) is 9.20 Å². The summed E-state index contributed by atoms with van der Waals surface area (Å²) in [4.78, 5) is 11.8. The number of benzene rings is 1. The smallest absolute Gasteiger partial charge is 0.244 e. The highest BCUT2D eigenvalue weighted by molar-refractivity contribution is 5.91. The van der Waals surface area contributed by atoms with E-state index >= 15 is 0 Å². The second kappa shape index (κ2) is 6.67. The number of nitrogens with zero attached hydrogens (tertiary/aromatic N) is 3. The van der Waals surface area contributed by atoms with Gasteiger partial charge in [-0.1, -0.05) is 36.4 Å². The van der Waals surface area contributed by atoms with Gasteiger partial charge in [0.2, 0.25) is 5.91 Å². The molecule has 5 nitrogen and oxygen atoms in total. The average molecular weight is 292 g/mol. The summed E-state index contributed by atoms with van der Waals surface area (Å²) in [5, 5.41) is 11.1. The van der Waals surface area contributed by atoms with Gasteiger partial charge in [0.15, 0.2) is 5.65 Å². The van der Waals surface area contributed by atoms with Crippen LogP contribution in [0.3, 0.4) is 0 Å². The lowest BCUT2D eigenvalue weighted by Crippen LogP contribution is -2.24. The number of carbonyl (C=O) groups excluding carboxylic acids is 1. The predicted octanol–water partition coefficient (Wildman–Crippen LogP) is 2.10. The third-order valence-corrected chi connectivity index (χ3v) is 3.26. The van der Waals surface area contributed by atoms with Gasteiger partial charge in [-0.05, 0) is 23.8 Å². The fourth-order valence-electron chi connectivity index (χ4n) is 2.15. The van der Waals surface area contributed by atoms with Crippen LogP contribution < -0.4 is 5.32 Å².